The van der Waals surface area contributed by atoms with Gasteiger partial charge in [-0.2, -0.15) is 5.26 Å². The number of sulfonamides is 1. The average molecular weight is 273 g/mol. The molecule has 0 bridgehead atoms. The molecule has 1 rings (SSSR count). The molecule has 0 saturated carbocycles. The molecule has 0 saturated heterocycles. The molecule has 1 aromatic carbocycles. The summed E-state index contributed by atoms with van der Waals surface area (Å²) >= 11 is 5.78. The van der Waals surface area contributed by atoms with Gasteiger partial charge in [-0.15, -0.1) is 0 Å². The zero-order chi connectivity index (χ0) is 13.1. The Morgan fingerprint density at radius 2 is 2.12 bits per heavy atom. The summed E-state index contributed by atoms with van der Waals surface area (Å²) in [5.74, 6) is 0.221. The molecule has 0 radical (unpaired) electrons. The topological polar surface area (TPSA) is 70.0 Å². The molecule has 0 unspecified atom stereocenters. The smallest absolute Gasteiger partial charge is 0.211 e. The van der Waals surface area contributed by atoms with Crippen LogP contribution in [0.5, 0.6) is 0 Å². The molecular weight excluding hydrogens is 260 g/mol. The van der Waals surface area contributed by atoms with Gasteiger partial charge in [-0.05, 0) is 24.1 Å². The number of halogens is 1. The zero-order valence-corrected chi connectivity index (χ0v) is 11.1. The third-order valence-electron chi connectivity index (χ3n) is 2.05. The van der Waals surface area contributed by atoms with E-state index < -0.39 is 10.0 Å². The van der Waals surface area contributed by atoms with Crippen LogP contribution in [0.1, 0.15) is 19.4 Å². The van der Waals surface area contributed by atoms with Crippen molar-refractivity contribution in [3.8, 4) is 6.07 Å². The highest BCUT2D eigenvalue weighted by atomic mass is 35.5. The van der Waals surface area contributed by atoms with E-state index in [1.165, 1.54) is 18.2 Å². The predicted molar refractivity (Wildman–Crippen MR) is 66.2 cm³/mol. The van der Waals surface area contributed by atoms with Gasteiger partial charge in [0.25, 0.3) is 0 Å². The van der Waals surface area contributed by atoms with Crippen LogP contribution in [0.25, 0.3) is 0 Å². The molecule has 17 heavy (non-hydrogen) atoms. The minimum absolute atomic E-state index is 0.0714. The third kappa shape index (κ3) is 3.70. The van der Waals surface area contributed by atoms with Crippen molar-refractivity contribution in [2.24, 2.45) is 5.92 Å². The molecule has 0 atom stereocenters. The lowest BCUT2D eigenvalue weighted by molar-refractivity contribution is 0.560. The highest BCUT2D eigenvalue weighted by Gasteiger charge is 2.15. The molecule has 0 heterocycles. The van der Waals surface area contributed by atoms with Crippen LogP contribution >= 0.6 is 11.6 Å². The summed E-state index contributed by atoms with van der Waals surface area (Å²) in [6.45, 7) is 4.18. The molecule has 0 amide bonds. The number of hydrogen-bond acceptors (Lipinski definition) is 3. The molecule has 0 aliphatic carbocycles. The Balaban J connectivity index is 3.01. The van der Waals surface area contributed by atoms with Crippen LogP contribution in [0.3, 0.4) is 0 Å². The number of nitriles is 1. The van der Waals surface area contributed by atoms with Crippen molar-refractivity contribution in [3.05, 3.63) is 28.8 Å². The van der Waals surface area contributed by atoms with Crippen molar-refractivity contribution in [2.45, 2.75) is 18.7 Å². The van der Waals surface area contributed by atoms with Crippen molar-refractivity contribution in [1.82, 2.24) is 4.72 Å². The normalized spacial score (nSPS) is 11.5. The number of nitrogens with one attached hydrogen (secondary N) is 1. The van der Waals surface area contributed by atoms with Gasteiger partial charge >= 0.3 is 0 Å². The lowest BCUT2D eigenvalue weighted by Gasteiger charge is -2.09. The molecular formula is C11H13ClN2O2S. The van der Waals surface area contributed by atoms with Gasteiger partial charge in [-0.25, -0.2) is 13.1 Å². The van der Waals surface area contributed by atoms with E-state index in [4.69, 9.17) is 16.9 Å². The van der Waals surface area contributed by atoms with Gasteiger partial charge in [0, 0.05) is 6.54 Å². The van der Waals surface area contributed by atoms with Crippen molar-refractivity contribution >= 4 is 21.6 Å². The van der Waals surface area contributed by atoms with E-state index in [1.807, 2.05) is 19.9 Å². The maximum atomic E-state index is 11.8. The predicted octanol–water partition coefficient (Wildman–Crippen LogP) is 2.15. The van der Waals surface area contributed by atoms with E-state index in [1.54, 1.807) is 0 Å². The van der Waals surface area contributed by atoms with E-state index in [2.05, 4.69) is 4.72 Å². The summed E-state index contributed by atoms with van der Waals surface area (Å²) in [7, 11) is -3.55. The first-order chi connectivity index (χ1) is 7.86. The Hall–Kier alpha value is -1.09. The summed E-state index contributed by atoms with van der Waals surface area (Å²) < 4.78 is 26.1. The number of benzene rings is 1. The quantitative estimate of drug-likeness (QED) is 0.913. The Kier molecular flexibility index (Phi) is 4.52. The van der Waals surface area contributed by atoms with Crippen molar-refractivity contribution in [3.63, 3.8) is 0 Å². The van der Waals surface area contributed by atoms with Crippen molar-refractivity contribution in [1.29, 1.82) is 5.26 Å². The first-order valence-electron chi connectivity index (χ1n) is 5.06. The summed E-state index contributed by atoms with van der Waals surface area (Å²) in [6.07, 6.45) is 0. The maximum Gasteiger partial charge on any atom is 0.240 e. The van der Waals surface area contributed by atoms with E-state index >= 15 is 0 Å². The summed E-state index contributed by atoms with van der Waals surface area (Å²) in [4.78, 5) is 0.0714. The largest absolute Gasteiger partial charge is 0.240 e. The fraction of sp³-hybridized carbons (Fsp3) is 0.364. The number of hydrogen-bond donors (Lipinski definition) is 1. The molecule has 1 aromatic rings. The monoisotopic (exact) mass is 272 g/mol. The highest BCUT2D eigenvalue weighted by molar-refractivity contribution is 7.89. The van der Waals surface area contributed by atoms with Gasteiger partial charge in [0.2, 0.25) is 10.0 Å². The van der Waals surface area contributed by atoms with E-state index in [0.717, 1.165) is 0 Å². The summed E-state index contributed by atoms with van der Waals surface area (Å²) in [6, 6.07) is 5.92. The standard InChI is InChI=1S/C11H13ClN2O2S/c1-8(2)7-14-17(15,16)10-4-3-9(6-13)11(12)5-10/h3-5,8,14H,7H2,1-2H3. The van der Waals surface area contributed by atoms with Crippen LogP contribution in [0.15, 0.2) is 23.1 Å². The molecule has 92 valence electrons. The summed E-state index contributed by atoms with van der Waals surface area (Å²) in [5.41, 5.74) is 0.259. The molecule has 0 spiro atoms. The van der Waals surface area contributed by atoms with Crippen molar-refractivity contribution < 1.29 is 8.42 Å². The lowest BCUT2D eigenvalue weighted by Crippen LogP contribution is -2.27. The van der Waals surface area contributed by atoms with Crippen LogP contribution in [-0.4, -0.2) is 15.0 Å². The van der Waals surface area contributed by atoms with Gasteiger partial charge in [0.05, 0.1) is 15.5 Å². The molecule has 0 aliphatic rings. The second-order valence-corrected chi connectivity index (χ2v) is 6.17. The maximum absolute atomic E-state index is 11.8. The highest BCUT2D eigenvalue weighted by Crippen LogP contribution is 2.20. The van der Waals surface area contributed by atoms with Crippen LogP contribution < -0.4 is 4.72 Å². The van der Waals surface area contributed by atoms with Gasteiger partial charge in [-0.3, -0.25) is 0 Å². The van der Waals surface area contributed by atoms with E-state index in [-0.39, 0.29) is 21.4 Å². The lowest BCUT2D eigenvalue weighted by atomic mass is 10.2. The minimum atomic E-state index is -3.55. The second-order valence-electron chi connectivity index (χ2n) is 4.00. The van der Waals surface area contributed by atoms with Crippen molar-refractivity contribution in [2.75, 3.05) is 6.54 Å². The van der Waals surface area contributed by atoms with Crippen LogP contribution in [-0.2, 0) is 10.0 Å². The van der Waals surface area contributed by atoms with Crippen LogP contribution in [0.2, 0.25) is 5.02 Å². The minimum Gasteiger partial charge on any atom is -0.211 e. The Bertz CT molecular complexity index is 547. The fourth-order valence-corrected chi connectivity index (χ4v) is 2.64. The second kappa shape index (κ2) is 5.50. The Morgan fingerprint density at radius 3 is 2.59 bits per heavy atom. The zero-order valence-electron chi connectivity index (χ0n) is 9.57. The van der Waals surface area contributed by atoms with Gasteiger partial charge in [0.1, 0.15) is 6.07 Å². The van der Waals surface area contributed by atoms with E-state index in [0.29, 0.717) is 6.54 Å². The van der Waals surface area contributed by atoms with Crippen LogP contribution in [0.4, 0.5) is 0 Å². The summed E-state index contributed by atoms with van der Waals surface area (Å²) in [5, 5.41) is 8.83. The first-order valence-corrected chi connectivity index (χ1v) is 6.92. The fourth-order valence-electron chi connectivity index (χ4n) is 1.11. The third-order valence-corrected chi connectivity index (χ3v) is 3.79. The van der Waals surface area contributed by atoms with Crippen LogP contribution in [0, 0.1) is 17.2 Å². The molecule has 0 aromatic heterocycles. The molecule has 4 nitrogen and oxygen atoms in total. The van der Waals surface area contributed by atoms with E-state index in [9.17, 15) is 8.42 Å². The Labute approximate surface area is 106 Å². The van der Waals surface area contributed by atoms with Gasteiger partial charge in [-0.1, -0.05) is 25.4 Å². The molecule has 1 N–H and O–H groups in total. The number of nitrogens with zero attached hydrogens (tertiary/aromatic N) is 1. The SMILES string of the molecule is CC(C)CNS(=O)(=O)c1ccc(C#N)c(Cl)c1. The molecule has 0 fully saturated rings. The molecule has 6 heteroatoms. The Morgan fingerprint density at radius 1 is 1.47 bits per heavy atom. The van der Waals surface area contributed by atoms with Gasteiger partial charge < -0.3 is 0 Å². The first kappa shape index (κ1) is 14.0. The average Bonchev–Trinajstić information content (AvgIpc) is 2.26. The number of rotatable bonds is 4. The molecule has 0 aliphatic heterocycles. The van der Waals surface area contributed by atoms with Gasteiger partial charge in [0.15, 0.2) is 0 Å².